The molecule has 6 heteroatoms. The molecule has 1 aliphatic heterocycles. The molecule has 1 heterocycles. The summed E-state index contributed by atoms with van der Waals surface area (Å²) < 4.78 is 5.07. The van der Waals surface area contributed by atoms with E-state index in [9.17, 15) is 9.59 Å². The average Bonchev–Trinajstić information content (AvgIpc) is 2.37. The number of hydrogen-bond acceptors (Lipinski definition) is 3. The molecule has 0 spiro atoms. The van der Waals surface area contributed by atoms with Gasteiger partial charge in [0.05, 0.1) is 6.61 Å². The molecule has 2 amide bonds. The summed E-state index contributed by atoms with van der Waals surface area (Å²) in [7, 11) is 1.65. The Hall–Kier alpha value is -1.56. The number of hydrogen-bond donors (Lipinski definition) is 1. The van der Waals surface area contributed by atoms with Gasteiger partial charge < -0.3 is 19.6 Å². The van der Waals surface area contributed by atoms with Gasteiger partial charge >= 0.3 is 12.0 Å². The van der Waals surface area contributed by atoms with Gasteiger partial charge in [-0.2, -0.15) is 0 Å². The number of carboxylic acid groups (broad SMARTS) is 1. The van der Waals surface area contributed by atoms with E-state index in [4.69, 9.17) is 9.84 Å². The van der Waals surface area contributed by atoms with Crippen LogP contribution in [0.15, 0.2) is 11.6 Å². The number of rotatable bonds is 6. The molecule has 0 atom stereocenters. The molecule has 20 heavy (non-hydrogen) atoms. The van der Waals surface area contributed by atoms with Gasteiger partial charge in [0.25, 0.3) is 0 Å². The van der Waals surface area contributed by atoms with Crippen LogP contribution in [0.5, 0.6) is 0 Å². The number of ether oxygens (including phenoxy) is 1. The molecule has 0 bridgehead atoms. The second-order valence-corrected chi connectivity index (χ2v) is 5.44. The van der Waals surface area contributed by atoms with E-state index in [2.05, 4.69) is 0 Å². The Morgan fingerprint density at radius 2 is 2.20 bits per heavy atom. The monoisotopic (exact) mass is 284 g/mol. The molecule has 0 aromatic heterocycles. The highest BCUT2D eigenvalue weighted by Crippen LogP contribution is 2.13. The lowest BCUT2D eigenvalue weighted by molar-refractivity contribution is -0.137. The molecular formula is C14H24N2O4. The van der Waals surface area contributed by atoms with E-state index < -0.39 is 5.97 Å². The molecule has 0 saturated carbocycles. The largest absolute Gasteiger partial charge is 0.480 e. The van der Waals surface area contributed by atoms with Crippen molar-refractivity contribution in [3.8, 4) is 0 Å². The van der Waals surface area contributed by atoms with Crippen LogP contribution in [-0.2, 0) is 9.53 Å². The van der Waals surface area contributed by atoms with E-state index in [-0.39, 0.29) is 18.5 Å². The second-order valence-electron chi connectivity index (χ2n) is 5.44. The smallest absolute Gasteiger partial charge is 0.323 e. The lowest BCUT2D eigenvalue weighted by Gasteiger charge is -2.32. The molecule has 0 aromatic carbocycles. The Kier molecular flexibility index (Phi) is 6.51. The summed E-state index contributed by atoms with van der Waals surface area (Å²) in [6.45, 7) is 5.86. The van der Waals surface area contributed by atoms with Crippen molar-refractivity contribution in [2.45, 2.75) is 20.3 Å². The molecule has 0 aliphatic carbocycles. The fourth-order valence-corrected chi connectivity index (χ4v) is 2.22. The molecule has 0 radical (unpaired) electrons. The van der Waals surface area contributed by atoms with Crippen LogP contribution in [0.3, 0.4) is 0 Å². The topological polar surface area (TPSA) is 70.1 Å². The van der Waals surface area contributed by atoms with E-state index in [0.717, 1.165) is 6.42 Å². The number of urea groups is 1. The Morgan fingerprint density at radius 3 is 2.65 bits per heavy atom. The summed E-state index contributed by atoms with van der Waals surface area (Å²) in [5.74, 6) is -0.741. The predicted molar refractivity (Wildman–Crippen MR) is 75.6 cm³/mol. The number of amides is 2. The molecular weight excluding hydrogens is 260 g/mol. The second kappa shape index (κ2) is 7.89. The third-order valence-corrected chi connectivity index (χ3v) is 3.09. The molecule has 1 N–H and O–H groups in total. The van der Waals surface area contributed by atoms with Crippen LogP contribution in [0, 0.1) is 5.92 Å². The molecule has 1 aliphatic rings. The van der Waals surface area contributed by atoms with Crippen molar-refractivity contribution < 1.29 is 19.4 Å². The minimum Gasteiger partial charge on any atom is -0.480 e. The van der Waals surface area contributed by atoms with Gasteiger partial charge in [-0.1, -0.05) is 19.9 Å². The quantitative estimate of drug-likeness (QED) is 0.749. The first-order valence-corrected chi connectivity index (χ1v) is 6.86. The van der Waals surface area contributed by atoms with Crippen molar-refractivity contribution >= 4 is 12.0 Å². The highest BCUT2D eigenvalue weighted by Gasteiger charge is 2.24. The fraction of sp³-hybridized carbons (Fsp3) is 0.714. The van der Waals surface area contributed by atoms with Gasteiger partial charge in [-0.25, -0.2) is 4.79 Å². The standard InChI is InChI=1S/C14H24N2O4/c1-11(2)8-16(9-13(17)18)14(19)15-6-4-12(5-7-15)10-20-3/h4,11H,5-10H2,1-3H3,(H,17,18). The zero-order valence-electron chi connectivity index (χ0n) is 12.5. The number of carboxylic acids is 1. The van der Waals surface area contributed by atoms with E-state index in [1.54, 1.807) is 12.0 Å². The van der Waals surface area contributed by atoms with Crippen LogP contribution in [0.2, 0.25) is 0 Å². The summed E-state index contributed by atoms with van der Waals surface area (Å²) in [5, 5.41) is 8.92. The molecule has 6 nitrogen and oxygen atoms in total. The summed E-state index contributed by atoms with van der Waals surface area (Å²) >= 11 is 0. The van der Waals surface area contributed by atoms with Crippen LogP contribution in [-0.4, -0.2) is 66.8 Å². The molecule has 0 aromatic rings. The Labute approximate surface area is 120 Å². The van der Waals surface area contributed by atoms with Crippen molar-refractivity contribution in [1.29, 1.82) is 0 Å². The Bertz CT molecular complexity index is 379. The number of carbonyl (C=O) groups excluding carboxylic acids is 1. The Balaban J connectivity index is 2.63. The number of nitrogens with zero attached hydrogens (tertiary/aromatic N) is 2. The van der Waals surface area contributed by atoms with Crippen LogP contribution in [0.1, 0.15) is 20.3 Å². The van der Waals surface area contributed by atoms with Crippen molar-refractivity contribution in [2.75, 3.05) is 39.9 Å². The molecule has 114 valence electrons. The van der Waals surface area contributed by atoms with Gasteiger partial charge in [0, 0.05) is 26.7 Å². The molecule has 1 rings (SSSR count). The maximum atomic E-state index is 12.4. The van der Waals surface area contributed by atoms with Crippen molar-refractivity contribution in [3.63, 3.8) is 0 Å². The minimum absolute atomic E-state index is 0.200. The van der Waals surface area contributed by atoms with Crippen LogP contribution >= 0.6 is 0 Å². The SMILES string of the molecule is COCC1=CCN(C(=O)N(CC(=O)O)CC(C)C)CC1. The first kappa shape index (κ1) is 16.5. The van der Waals surface area contributed by atoms with Crippen molar-refractivity contribution in [3.05, 3.63) is 11.6 Å². The number of aliphatic carboxylic acids is 1. The summed E-state index contributed by atoms with van der Waals surface area (Å²) in [6, 6.07) is -0.200. The highest BCUT2D eigenvalue weighted by atomic mass is 16.5. The summed E-state index contributed by atoms with van der Waals surface area (Å²) in [6.07, 6.45) is 2.77. The third-order valence-electron chi connectivity index (χ3n) is 3.09. The Morgan fingerprint density at radius 1 is 1.50 bits per heavy atom. The third kappa shape index (κ3) is 5.21. The van der Waals surface area contributed by atoms with Crippen LogP contribution in [0.25, 0.3) is 0 Å². The maximum absolute atomic E-state index is 12.4. The minimum atomic E-state index is -0.980. The van der Waals surface area contributed by atoms with Gasteiger partial charge in [-0.05, 0) is 17.9 Å². The van der Waals surface area contributed by atoms with Gasteiger partial charge in [-0.3, -0.25) is 4.79 Å². The zero-order valence-corrected chi connectivity index (χ0v) is 12.5. The van der Waals surface area contributed by atoms with E-state index in [1.165, 1.54) is 10.5 Å². The molecule has 0 saturated heterocycles. The predicted octanol–water partition coefficient (Wildman–Crippen LogP) is 1.43. The number of methoxy groups -OCH3 is 1. The van der Waals surface area contributed by atoms with Gasteiger partial charge in [0.2, 0.25) is 0 Å². The van der Waals surface area contributed by atoms with Crippen molar-refractivity contribution in [2.24, 2.45) is 5.92 Å². The lowest BCUT2D eigenvalue weighted by Crippen LogP contribution is -2.48. The van der Waals surface area contributed by atoms with Gasteiger partial charge in [0.1, 0.15) is 6.54 Å². The van der Waals surface area contributed by atoms with Crippen molar-refractivity contribution in [1.82, 2.24) is 9.80 Å². The summed E-state index contributed by atoms with van der Waals surface area (Å²) in [4.78, 5) is 26.3. The first-order valence-electron chi connectivity index (χ1n) is 6.86. The van der Waals surface area contributed by atoms with Gasteiger partial charge in [0.15, 0.2) is 0 Å². The lowest BCUT2D eigenvalue weighted by atomic mass is 10.1. The van der Waals surface area contributed by atoms with Gasteiger partial charge in [-0.15, -0.1) is 0 Å². The van der Waals surface area contributed by atoms with Crippen LogP contribution < -0.4 is 0 Å². The van der Waals surface area contributed by atoms with E-state index in [0.29, 0.717) is 26.2 Å². The summed E-state index contributed by atoms with van der Waals surface area (Å²) in [5.41, 5.74) is 1.19. The van der Waals surface area contributed by atoms with E-state index in [1.807, 2.05) is 19.9 Å². The first-order chi connectivity index (χ1) is 9.43. The average molecular weight is 284 g/mol. The van der Waals surface area contributed by atoms with E-state index >= 15 is 0 Å². The number of carbonyl (C=O) groups is 2. The fourth-order valence-electron chi connectivity index (χ4n) is 2.22. The molecule has 0 fully saturated rings. The van der Waals surface area contributed by atoms with Crippen LogP contribution in [0.4, 0.5) is 4.79 Å². The highest BCUT2D eigenvalue weighted by molar-refractivity contribution is 5.80. The maximum Gasteiger partial charge on any atom is 0.323 e. The normalized spacial score (nSPS) is 15.2. The zero-order chi connectivity index (χ0) is 15.1. The molecule has 0 unspecified atom stereocenters.